The molecule has 0 amide bonds. The first-order valence-electron chi connectivity index (χ1n) is 9.66. The lowest BCUT2D eigenvalue weighted by atomic mass is 10.1. The number of aliphatic hydroxyl groups is 2. The normalized spacial score (nSPS) is 23.8. The van der Waals surface area contributed by atoms with Crippen LogP contribution in [0.25, 0.3) is 17.2 Å². The standard InChI is InChI=1S/C19H23N7O5S/c1-21-17-15-18(23-10-22-17)26(11-24-15)19(28)9-31-14(16(19)27)8-25-32(29,30)7-6-12-4-2-3-5-13(12)20/h2-7,10-11,14,16,25,27-28H,8-9,20H2,1H3,(H,21,22,23)/b7-6+/t14-,16-,19+/m1/s1. The first-order chi connectivity index (χ1) is 15.2. The number of ether oxygens (including phenoxy) is 1. The van der Waals surface area contributed by atoms with E-state index in [0.717, 1.165) is 5.41 Å². The minimum absolute atomic E-state index is 0.260. The Labute approximate surface area is 183 Å². The summed E-state index contributed by atoms with van der Waals surface area (Å²) in [6, 6.07) is 6.83. The van der Waals surface area contributed by atoms with Gasteiger partial charge in [0.25, 0.3) is 0 Å². The van der Waals surface area contributed by atoms with Gasteiger partial charge in [0.05, 0.1) is 12.9 Å². The second kappa shape index (κ2) is 8.44. The van der Waals surface area contributed by atoms with E-state index in [9.17, 15) is 18.6 Å². The van der Waals surface area contributed by atoms with Gasteiger partial charge in [-0.2, -0.15) is 0 Å². The Morgan fingerprint density at radius 2 is 2.12 bits per heavy atom. The summed E-state index contributed by atoms with van der Waals surface area (Å²) in [6.07, 6.45) is 1.54. The molecule has 0 saturated carbocycles. The van der Waals surface area contributed by atoms with Gasteiger partial charge in [-0.05, 0) is 17.7 Å². The third kappa shape index (κ3) is 4.03. The van der Waals surface area contributed by atoms with Gasteiger partial charge in [-0.1, -0.05) is 18.2 Å². The molecule has 0 spiro atoms. The van der Waals surface area contributed by atoms with Crippen molar-refractivity contribution in [1.82, 2.24) is 24.2 Å². The minimum Gasteiger partial charge on any atom is -0.398 e. The number of rotatable bonds is 7. The molecule has 0 aliphatic carbocycles. The lowest BCUT2D eigenvalue weighted by molar-refractivity contribution is -0.107. The zero-order valence-corrected chi connectivity index (χ0v) is 17.9. The Kier molecular flexibility index (Phi) is 5.83. The van der Waals surface area contributed by atoms with Crippen LogP contribution in [0.2, 0.25) is 0 Å². The van der Waals surface area contributed by atoms with Crippen molar-refractivity contribution in [2.75, 3.05) is 31.2 Å². The van der Waals surface area contributed by atoms with Gasteiger partial charge in [0, 0.05) is 24.7 Å². The molecule has 4 rings (SSSR count). The average molecular weight is 462 g/mol. The highest BCUT2D eigenvalue weighted by Crippen LogP contribution is 2.32. The molecule has 0 bridgehead atoms. The molecule has 32 heavy (non-hydrogen) atoms. The molecule has 2 aromatic heterocycles. The molecule has 1 aliphatic rings. The van der Waals surface area contributed by atoms with E-state index in [1.807, 2.05) is 0 Å². The van der Waals surface area contributed by atoms with Crippen molar-refractivity contribution in [3.8, 4) is 0 Å². The molecule has 0 unspecified atom stereocenters. The van der Waals surface area contributed by atoms with E-state index in [1.54, 1.807) is 31.3 Å². The van der Waals surface area contributed by atoms with E-state index in [4.69, 9.17) is 10.5 Å². The summed E-state index contributed by atoms with van der Waals surface area (Å²) in [4.78, 5) is 12.4. The topological polar surface area (TPSA) is 178 Å². The van der Waals surface area contributed by atoms with Gasteiger partial charge < -0.3 is 26.0 Å². The Balaban J connectivity index is 1.48. The molecule has 6 N–H and O–H groups in total. The number of sulfonamides is 1. The number of anilines is 2. The average Bonchev–Trinajstić information content (AvgIpc) is 3.34. The maximum atomic E-state index is 12.3. The number of aliphatic hydroxyl groups excluding tert-OH is 1. The molecule has 1 aliphatic heterocycles. The van der Waals surface area contributed by atoms with Crippen LogP contribution in [0.4, 0.5) is 11.5 Å². The monoisotopic (exact) mass is 461 g/mol. The fourth-order valence-corrected chi connectivity index (χ4v) is 4.28. The van der Waals surface area contributed by atoms with E-state index >= 15 is 0 Å². The van der Waals surface area contributed by atoms with Crippen LogP contribution >= 0.6 is 0 Å². The second-order valence-corrected chi connectivity index (χ2v) is 8.91. The number of hydrogen-bond donors (Lipinski definition) is 5. The highest BCUT2D eigenvalue weighted by molar-refractivity contribution is 7.92. The van der Waals surface area contributed by atoms with Gasteiger partial charge in [-0.25, -0.2) is 28.1 Å². The van der Waals surface area contributed by atoms with E-state index in [1.165, 1.54) is 23.3 Å². The zero-order chi connectivity index (χ0) is 22.9. The summed E-state index contributed by atoms with van der Waals surface area (Å²) in [5, 5.41) is 25.7. The lowest BCUT2D eigenvalue weighted by Gasteiger charge is -2.27. The van der Waals surface area contributed by atoms with Gasteiger partial charge in [0.15, 0.2) is 22.7 Å². The predicted molar refractivity (Wildman–Crippen MR) is 118 cm³/mol. The Morgan fingerprint density at radius 1 is 1.34 bits per heavy atom. The number of fused-ring (bicyclic) bond motifs is 1. The van der Waals surface area contributed by atoms with Crippen LogP contribution in [0.3, 0.4) is 0 Å². The van der Waals surface area contributed by atoms with Crippen LogP contribution in [0.5, 0.6) is 0 Å². The van der Waals surface area contributed by atoms with Crippen molar-refractivity contribution in [3.05, 3.63) is 47.9 Å². The third-order valence-corrected chi connectivity index (χ3v) is 6.29. The Hall–Kier alpha value is -3.10. The maximum Gasteiger partial charge on any atom is 0.233 e. The fraction of sp³-hybridized carbons (Fsp3) is 0.316. The maximum absolute atomic E-state index is 12.3. The largest absolute Gasteiger partial charge is 0.398 e. The number of benzene rings is 1. The third-order valence-electron chi connectivity index (χ3n) is 5.23. The van der Waals surface area contributed by atoms with Crippen molar-refractivity contribution < 1.29 is 23.4 Å². The number of imidazole rings is 1. The van der Waals surface area contributed by atoms with Gasteiger partial charge in [-0.3, -0.25) is 4.57 Å². The number of nitrogens with zero attached hydrogens (tertiary/aromatic N) is 4. The lowest BCUT2D eigenvalue weighted by Crippen LogP contribution is -2.48. The van der Waals surface area contributed by atoms with Crippen molar-refractivity contribution in [3.63, 3.8) is 0 Å². The van der Waals surface area contributed by atoms with E-state index in [2.05, 4.69) is 25.0 Å². The molecule has 1 fully saturated rings. The number of para-hydroxylation sites is 1. The second-order valence-electron chi connectivity index (χ2n) is 7.26. The van der Waals surface area contributed by atoms with Gasteiger partial charge in [-0.15, -0.1) is 0 Å². The van der Waals surface area contributed by atoms with Crippen molar-refractivity contribution in [1.29, 1.82) is 0 Å². The number of nitrogens with one attached hydrogen (secondary N) is 2. The Bertz CT molecular complexity index is 1260. The van der Waals surface area contributed by atoms with E-state index < -0.39 is 28.0 Å². The van der Waals surface area contributed by atoms with Crippen LogP contribution in [0.1, 0.15) is 5.56 Å². The molecular weight excluding hydrogens is 438 g/mol. The smallest absolute Gasteiger partial charge is 0.233 e. The summed E-state index contributed by atoms with van der Waals surface area (Å²) in [6.45, 7) is -0.550. The molecule has 1 aromatic carbocycles. The SMILES string of the molecule is CNc1ncnc2c1ncn2[C@]1(O)CO[C@H](CNS(=O)(=O)/C=C/c2ccccc2N)[C@H]1O. The highest BCUT2D eigenvalue weighted by atomic mass is 32.2. The molecule has 0 radical (unpaired) electrons. The fourth-order valence-electron chi connectivity index (χ4n) is 3.46. The number of hydrogen-bond acceptors (Lipinski definition) is 10. The number of aromatic nitrogens is 4. The summed E-state index contributed by atoms with van der Waals surface area (Å²) in [5.41, 5.74) is 5.61. The van der Waals surface area contributed by atoms with Crippen LogP contribution in [-0.4, -0.2) is 70.6 Å². The number of nitrogen functional groups attached to an aromatic ring is 1. The summed E-state index contributed by atoms with van der Waals surface area (Å²) in [5.74, 6) is 0.459. The zero-order valence-electron chi connectivity index (χ0n) is 17.1. The quantitative estimate of drug-likeness (QED) is 0.287. The predicted octanol–water partition coefficient (Wildman–Crippen LogP) is -0.555. The summed E-state index contributed by atoms with van der Waals surface area (Å²) in [7, 11) is -2.18. The van der Waals surface area contributed by atoms with Gasteiger partial charge in [0.1, 0.15) is 18.5 Å². The molecule has 13 heteroatoms. The van der Waals surface area contributed by atoms with Gasteiger partial charge >= 0.3 is 0 Å². The molecule has 170 valence electrons. The number of nitrogens with two attached hydrogens (primary N) is 1. The molecule has 12 nitrogen and oxygen atoms in total. The molecule has 3 atom stereocenters. The highest BCUT2D eigenvalue weighted by Gasteiger charge is 2.50. The molecular formula is C19H23N7O5S. The van der Waals surface area contributed by atoms with Gasteiger partial charge in [0.2, 0.25) is 10.0 Å². The Morgan fingerprint density at radius 3 is 2.88 bits per heavy atom. The molecule has 1 saturated heterocycles. The minimum atomic E-state index is -3.85. The van der Waals surface area contributed by atoms with Crippen LogP contribution in [0, 0.1) is 0 Å². The van der Waals surface area contributed by atoms with E-state index in [-0.39, 0.29) is 13.2 Å². The first-order valence-corrected chi connectivity index (χ1v) is 11.2. The van der Waals surface area contributed by atoms with Crippen LogP contribution in [-0.2, 0) is 20.5 Å². The van der Waals surface area contributed by atoms with Crippen molar-refractivity contribution in [2.45, 2.75) is 17.9 Å². The molecule has 3 aromatic rings. The molecule has 3 heterocycles. The van der Waals surface area contributed by atoms with Crippen LogP contribution in [0.15, 0.2) is 42.3 Å². The van der Waals surface area contributed by atoms with Crippen molar-refractivity contribution >= 4 is 38.8 Å². The van der Waals surface area contributed by atoms with E-state index in [0.29, 0.717) is 28.2 Å². The van der Waals surface area contributed by atoms with Crippen molar-refractivity contribution in [2.24, 2.45) is 0 Å². The van der Waals surface area contributed by atoms with Crippen LogP contribution < -0.4 is 15.8 Å². The first kappa shape index (κ1) is 22.1. The summed E-state index contributed by atoms with van der Waals surface area (Å²) < 4.78 is 33.8. The summed E-state index contributed by atoms with van der Waals surface area (Å²) >= 11 is 0.